The van der Waals surface area contributed by atoms with Gasteiger partial charge in [-0.3, -0.25) is 4.79 Å². The number of alkyl halides is 3. The Balaban J connectivity index is 1.47. The molecular formula is C38H45F3N3O+. The van der Waals surface area contributed by atoms with Crippen LogP contribution in [0, 0.1) is 17.8 Å². The van der Waals surface area contributed by atoms with Crippen LogP contribution < -0.4 is 10.00 Å². The fourth-order valence-corrected chi connectivity index (χ4v) is 6.12. The first kappa shape index (κ1) is 32.7. The molecule has 3 aromatic carbocycles. The lowest BCUT2D eigenvalue weighted by atomic mass is 9.83. The van der Waals surface area contributed by atoms with Gasteiger partial charge in [0.25, 0.3) is 5.69 Å². The van der Waals surface area contributed by atoms with Gasteiger partial charge in [0, 0.05) is 18.1 Å². The second-order valence-electron chi connectivity index (χ2n) is 12.9. The number of carbonyl (C=O) groups is 1. The standard InChI is InChI=1S/C38H45F3N3O/c1-6-25(2)20-29-12-10-17-33(21-29)44-34(23-35(43(44)5)38(39,40)41)37(45)27(4)26(3)31-15-11-16-32(22-31)36(42-24-28-18-19-28)30-13-8-7-9-14-30/h7-17,21-23,25-28,36,42H,6,18-20,24H2,1-5H3/q+1. The zero-order valence-corrected chi connectivity index (χ0v) is 26.9. The van der Waals surface area contributed by atoms with Gasteiger partial charge in [-0.25, -0.2) is 0 Å². The van der Waals surface area contributed by atoms with E-state index in [-0.39, 0.29) is 23.4 Å². The van der Waals surface area contributed by atoms with Gasteiger partial charge in [0.1, 0.15) is 0 Å². The van der Waals surface area contributed by atoms with Crippen LogP contribution in [0.4, 0.5) is 13.2 Å². The molecule has 1 fully saturated rings. The van der Waals surface area contributed by atoms with Crippen LogP contribution in [-0.4, -0.2) is 17.0 Å². The zero-order chi connectivity index (χ0) is 32.3. The summed E-state index contributed by atoms with van der Waals surface area (Å²) in [7, 11) is 1.37. The quantitative estimate of drug-likeness (QED) is 0.121. The number of halogens is 3. The Kier molecular flexibility index (Phi) is 9.97. The molecule has 1 N–H and O–H groups in total. The third-order valence-electron chi connectivity index (χ3n) is 9.50. The molecule has 5 rings (SSSR count). The molecule has 1 aromatic heterocycles. The number of hydrogen-bond acceptors (Lipinski definition) is 2. The molecule has 0 amide bonds. The summed E-state index contributed by atoms with van der Waals surface area (Å²) in [6, 6.07) is 27.2. The maximum absolute atomic E-state index is 14.2. The van der Waals surface area contributed by atoms with Crippen molar-refractivity contribution in [1.29, 1.82) is 0 Å². The fourth-order valence-electron chi connectivity index (χ4n) is 6.12. The van der Waals surface area contributed by atoms with Gasteiger partial charge in [-0.2, -0.15) is 13.2 Å². The number of nitrogens with zero attached hydrogens (tertiary/aromatic N) is 2. The highest BCUT2D eigenvalue weighted by molar-refractivity contribution is 5.95. The molecule has 0 bridgehead atoms. The summed E-state index contributed by atoms with van der Waals surface area (Å²) in [4.78, 5) is 14.2. The number of ketones is 1. The van der Waals surface area contributed by atoms with Gasteiger partial charge in [-0.05, 0) is 65.8 Å². The lowest BCUT2D eigenvalue weighted by molar-refractivity contribution is -0.686. The van der Waals surface area contributed by atoms with Gasteiger partial charge in [0.05, 0.1) is 19.2 Å². The largest absolute Gasteiger partial charge is 0.437 e. The first-order valence-corrected chi connectivity index (χ1v) is 16.2. The highest BCUT2D eigenvalue weighted by Gasteiger charge is 2.43. The lowest BCUT2D eigenvalue weighted by Crippen LogP contribution is -2.46. The Morgan fingerprint density at radius 1 is 0.911 bits per heavy atom. The first-order chi connectivity index (χ1) is 21.5. The molecule has 1 aliphatic carbocycles. The van der Waals surface area contributed by atoms with Crippen molar-refractivity contribution in [2.45, 2.75) is 71.5 Å². The number of benzene rings is 3. The number of hydrogen-bond donors (Lipinski definition) is 1. The normalized spacial score (nSPS) is 16.3. The summed E-state index contributed by atoms with van der Waals surface area (Å²) in [5.41, 5.74) is 4.03. The number of rotatable bonds is 13. The van der Waals surface area contributed by atoms with Crippen molar-refractivity contribution < 1.29 is 22.6 Å². The molecule has 7 heteroatoms. The third-order valence-corrected chi connectivity index (χ3v) is 9.50. The summed E-state index contributed by atoms with van der Waals surface area (Å²) in [6.45, 7) is 9.04. The average Bonchev–Trinajstić information content (AvgIpc) is 3.79. The maximum atomic E-state index is 14.2. The van der Waals surface area contributed by atoms with E-state index in [1.54, 1.807) is 6.07 Å². The smallest absolute Gasteiger partial charge is 0.306 e. The highest BCUT2D eigenvalue weighted by atomic mass is 19.4. The van der Waals surface area contributed by atoms with E-state index in [1.165, 1.54) is 30.1 Å². The van der Waals surface area contributed by atoms with Gasteiger partial charge >= 0.3 is 6.18 Å². The van der Waals surface area contributed by atoms with Gasteiger partial charge in [0.15, 0.2) is 5.69 Å². The predicted octanol–water partition coefficient (Wildman–Crippen LogP) is 8.62. The second-order valence-corrected chi connectivity index (χ2v) is 12.9. The molecule has 1 saturated carbocycles. The van der Waals surface area contributed by atoms with Gasteiger partial charge in [0.2, 0.25) is 11.5 Å². The molecule has 0 saturated heterocycles. The van der Waals surface area contributed by atoms with E-state index in [0.29, 0.717) is 17.5 Å². The van der Waals surface area contributed by atoms with Crippen molar-refractivity contribution >= 4 is 5.78 Å². The van der Waals surface area contributed by atoms with E-state index in [4.69, 9.17) is 0 Å². The van der Waals surface area contributed by atoms with Crippen LogP contribution >= 0.6 is 0 Å². The van der Waals surface area contributed by atoms with E-state index < -0.39 is 17.8 Å². The summed E-state index contributed by atoms with van der Waals surface area (Å²) >= 11 is 0. The Morgan fingerprint density at radius 3 is 2.24 bits per heavy atom. The van der Waals surface area contributed by atoms with Crippen molar-refractivity contribution in [3.63, 3.8) is 0 Å². The van der Waals surface area contributed by atoms with Crippen molar-refractivity contribution in [2.75, 3.05) is 6.54 Å². The minimum atomic E-state index is -4.60. The minimum Gasteiger partial charge on any atom is -0.306 e. The maximum Gasteiger partial charge on any atom is 0.437 e. The van der Waals surface area contributed by atoms with Crippen molar-refractivity contribution in [2.24, 2.45) is 24.8 Å². The predicted molar refractivity (Wildman–Crippen MR) is 172 cm³/mol. The number of Topliss-reactive ketones (excluding diaryl/α,β-unsaturated/α-hetero) is 1. The van der Waals surface area contributed by atoms with Crippen LogP contribution in [0.5, 0.6) is 0 Å². The van der Waals surface area contributed by atoms with Crippen LogP contribution in [0.3, 0.4) is 0 Å². The van der Waals surface area contributed by atoms with Crippen LogP contribution in [0.1, 0.15) is 97.4 Å². The summed E-state index contributed by atoms with van der Waals surface area (Å²) in [5, 5.41) is 3.75. The Labute approximate surface area is 265 Å². The molecule has 0 spiro atoms. The van der Waals surface area contributed by atoms with E-state index in [9.17, 15) is 18.0 Å². The topological polar surface area (TPSA) is 37.9 Å². The van der Waals surface area contributed by atoms with Gasteiger partial charge in [-0.1, -0.05) is 106 Å². The molecule has 238 valence electrons. The Morgan fingerprint density at radius 2 is 1.58 bits per heavy atom. The van der Waals surface area contributed by atoms with Crippen LogP contribution in [0.25, 0.3) is 5.69 Å². The first-order valence-electron chi connectivity index (χ1n) is 16.2. The van der Waals surface area contributed by atoms with Gasteiger partial charge < -0.3 is 5.32 Å². The van der Waals surface area contributed by atoms with E-state index >= 15 is 0 Å². The fraction of sp³-hybridized carbons (Fsp3) is 0.421. The third kappa shape index (κ3) is 7.58. The lowest BCUT2D eigenvalue weighted by Gasteiger charge is -2.23. The monoisotopic (exact) mass is 616 g/mol. The molecule has 0 radical (unpaired) electrons. The Bertz CT molecular complexity index is 1610. The molecule has 1 heterocycles. The van der Waals surface area contributed by atoms with Gasteiger partial charge in [-0.15, -0.1) is 4.68 Å². The van der Waals surface area contributed by atoms with Crippen LogP contribution in [0.15, 0.2) is 84.9 Å². The van der Waals surface area contributed by atoms with Crippen LogP contribution in [-0.2, 0) is 19.6 Å². The van der Waals surface area contributed by atoms with E-state index in [2.05, 4.69) is 43.4 Å². The molecular weight excluding hydrogens is 571 g/mol. The Hall–Kier alpha value is -3.71. The summed E-state index contributed by atoms with van der Waals surface area (Å²) in [6.07, 6.45) is -0.283. The molecule has 4 atom stereocenters. The summed E-state index contributed by atoms with van der Waals surface area (Å²) in [5.74, 6) is 0.0427. The minimum absolute atomic E-state index is 0.0123. The molecule has 4 unspecified atom stereocenters. The number of nitrogens with one attached hydrogen (secondary N) is 1. The summed E-state index contributed by atoms with van der Waals surface area (Å²) < 4.78 is 45.0. The molecule has 1 aliphatic rings. The van der Waals surface area contributed by atoms with E-state index in [1.807, 2.05) is 62.4 Å². The van der Waals surface area contributed by atoms with E-state index in [0.717, 1.165) is 46.8 Å². The van der Waals surface area contributed by atoms with Crippen molar-refractivity contribution in [3.8, 4) is 5.69 Å². The molecule has 4 nitrogen and oxygen atoms in total. The highest BCUT2D eigenvalue weighted by Crippen LogP contribution is 2.34. The zero-order valence-electron chi connectivity index (χ0n) is 26.9. The molecule has 45 heavy (non-hydrogen) atoms. The molecule has 4 aromatic rings. The van der Waals surface area contributed by atoms with Crippen molar-refractivity contribution in [3.05, 3.63) is 119 Å². The number of aromatic nitrogens is 2. The SMILES string of the molecule is CCC(C)Cc1cccc(-[n+]2c(C(=O)C(C)C(C)c3cccc(C(NCC4CC4)c4ccccc4)c3)cc(C(F)(F)F)n2C)c1. The average molecular weight is 617 g/mol. The second kappa shape index (κ2) is 13.7. The number of carbonyl (C=O) groups excluding carboxylic acids is 1. The van der Waals surface area contributed by atoms with Crippen molar-refractivity contribution in [1.82, 2.24) is 10.00 Å². The molecule has 0 aliphatic heterocycles. The van der Waals surface area contributed by atoms with Crippen LogP contribution in [0.2, 0.25) is 0 Å².